The summed E-state index contributed by atoms with van der Waals surface area (Å²) in [6.07, 6.45) is 9.60. The zero-order valence-electron chi connectivity index (χ0n) is 17.0. The monoisotopic (exact) mass is 380 g/mol. The molecule has 3 aliphatic rings. The summed E-state index contributed by atoms with van der Waals surface area (Å²) in [4.78, 5) is 0. The molecule has 2 heterocycles. The molecule has 2 bridgehead atoms. The summed E-state index contributed by atoms with van der Waals surface area (Å²) in [7, 11) is -3.35. The molecule has 142 valence electrons. The van der Waals surface area contributed by atoms with E-state index in [2.05, 4.69) is 51.9 Å². The van der Waals surface area contributed by atoms with E-state index in [0.717, 1.165) is 18.6 Å². The largest absolute Gasteiger partial charge is 0.548 e. The second-order valence-corrected chi connectivity index (χ2v) is 19.0. The van der Waals surface area contributed by atoms with Gasteiger partial charge in [0.1, 0.15) is 0 Å². The van der Waals surface area contributed by atoms with Crippen LogP contribution in [0.5, 0.6) is 0 Å². The van der Waals surface area contributed by atoms with E-state index in [1.54, 1.807) is 0 Å². The number of fused-ring (bicyclic) bond motifs is 1. The Morgan fingerprint density at radius 3 is 2.56 bits per heavy atom. The predicted octanol–water partition coefficient (Wildman–Crippen LogP) is 5.62. The Morgan fingerprint density at radius 2 is 1.92 bits per heavy atom. The van der Waals surface area contributed by atoms with Crippen molar-refractivity contribution in [1.82, 2.24) is 0 Å². The fourth-order valence-corrected chi connectivity index (χ4v) is 7.44. The van der Waals surface area contributed by atoms with Crippen LogP contribution in [0.3, 0.4) is 0 Å². The molecule has 1 saturated carbocycles. The van der Waals surface area contributed by atoms with Gasteiger partial charge in [-0.2, -0.15) is 0 Å². The molecule has 0 spiro atoms. The van der Waals surface area contributed by atoms with Crippen LogP contribution < -0.4 is 0 Å². The normalized spacial score (nSPS) is 35.1. The summed E-state index contributed by atoms with van der Waals surface area (Å²) in [6.45, 7) is 17.9. The van der Waals surface area contributed by atoms with Crippen molar-refractivity contribution < 1.29 is 13.6 Å². The van der Waals surface area contributed by atoms with Gasteiger partial charge in [-0.05, 0) is 64.1 Å². The molecular weight excluding hydrogens is 344 g/mol. The van der Waals surface area contributed by atoms with Crippen LogP contribution in [0.25, 0.3) is 0 Å². The molecule has 0 N–H and O–H groups in total. The van der Waals surface area contributed by atoms with Gasteiger partial charge in [0.15, 0.2) is 8.32 Å². The van der Waals surface area contributed by atoms with Crippen LogP contribution in [0.2, 0.25) is 39.3 Å². The van der Waals surface area contributed by atoms with E-state index in [0.29, 0.717) is 5.92 Å². The maximum Gasteiger partial charge on any atom is 0.241 e. The number of ether oxygens (including phenoxy) is 1. The SMILES string of the molecule is C=C(C[C@@]1(O[Si](C)(C)C)C[C@@H]2C=C3CCCC[C@H]1[C@@H]3O2)O[Si](C)(C)C. The lowest BCUT2D eigenvalue weighted by molar-refractivity contribution is -0.145. The minimum atomic E-state index is -1.71. The Morgan fingerprint density at radius 1 is 1.20 bits per heavy atom. The molecule has 3 nitrogen and oxygen atoms in total. The third-order valence-electron chi connectivity index (χ3n) is 5.36. The van der Waals surface area contributed by atoms with Crippen LogP contribution >= 0.6 is 0 Å². The second kappa shape index (κ2) is 6.66. The number of hydrogen-bond donors (Lipinski definition) is 0. The summed E-state index contributed by atoms with van der Waals surface area (Å²) in [5.41, 5.74) is 1.36. The average Bonchev–Trinajstić information content (AvgIpc) is 2.58. The zero-order valence-corrected chi connectivity index (χ0v) is 19.0. The maximum atomic E-state index is 6.97. The molecule has 25 heavy (non-hydrogen) atoms. The highest BCUT2D eigenvalue weighted by molar-refractivity contribution is 6.70. The molecule has 0 aromatic rings. The van der Waals surface area contributed by atoms with Crippen molar-refractivity contribution in [2.24, 2.45) is 5.92 Å². The molecule has 2 fully saturated rings. The molecular formula is C20H36O3Si2. The van der Waals surface area contributed by atoms with Crippen molar-refractivity contribution in [3.63, 3.8) is 0 Å². The fraction of sp³-hybridized carbons (Fsp3) is 0.800. The average molecular weight is 381 g/mol. The fourth-order valence-electron chi connectivity index (χ4n) is 4.98. The quantitative estimate of drug-likeness (QED) is 0.340. The standard InChI is InChI=1S/C20H36O3Si2/c1-15(22-24(2,3)4)13-20(23-25(5,6)7)14-17-12-16-10-8-9-11-18(20)19(16)21-17/h12,17-19H,1,8-11,13-14H2,2-7H3/t17-,18-,19+,20+/m0/s1. The van der Waals surface area contributed by atoms with Crippen molar-refractivity contribution in [3.05, 3.63) is 24.0 Å². The molecule has 0 aromatic heterocycles. The zero-order chi connectivity index (χ0) is 18.5. The first-order valence-corrected chi connectivity index (χ1v) is 16.7. The van der Waals surface area contributed by atoms with Gasteiger partial charge in [0, 0.05) is 18.8 Å². The van der Waals surface area contributed by atoms with Gasteiger partial charge in [-0.15, -0.1) is 0 Å². The molecule has 1 saturated heterocycles. The first kappa shape index (κ1) is 19.4. The summed E-state index contributed by atoms with van der Waals surface area (Å²) >= 11 is 0. The van der Waals surface area contributed by atoms with Crippen LogP contribution in [0, 0.1) is 5.92 Å². The van der Waals surface area contributed by atoms with E-state index < -0.39 is 16.6 Å². The predicted molar refractivity (Wildman–Crippen MR) is 109 cm³/mol. The number of rotatable bonds is 6. The lowest BCUT2D eigenvalue weighted by Crippen LogP contribution is -2.56. The molecule has 0 unspecified atom stereocenters. The van der Waals surface area contributed by atoms with Gasteiger partial charge in [0.2, 0.25) is 8.32 Å². The molecule has 2 aliphatic heterocycles. The van der Waals surface area contributed by atoms with Gasteiger partial charge >= 0.3 is 0 Å². The van der Waals surface area contributed by atoms with Crippen molar-refractivity contribution >= 4 is 16.6 Å². The molecule has 4 atom stereocenters. The van der Waals surface area contributed by atoms with E-state index in [1.165, 1.54) is 31.3 Å². The first-order valence-electron chi connectivity index (χ1n) is 9.90. The molecule has 0 aromatic carbocycles. The molecule has 0 radical (unpaired) electrons. The lowest BCUT2D eigenvalue weighted by atomic mass is 9.74. The van der Waals surface area contributed by atoms with E-state index in [1.807, 2.05) is 0 Å². The van der Waals surface area contributed by atoms with Crippen LogP contribution in [-0.4, -0.2) is 34.4 Å². The van der Waals surface area contributed by atoms with Gasteiger partial charge in [0.05, 0.1) is 23.6 Å². The smallest absolute Gasteiger partial charge is 0.241 e. The molecule has 5 heteroatoms. The molecule has 1 aliphatic carbocycles. The van der Waals surface area contributed by atoms with E-state index in [-0.39, 0.29) is 17.8 Å². The van der Waals surface area contributed by atoms with Crippen molar-refractivity contribution in [2.75, 3.05) is 0 Å². The Kier molecular flexibility index (Phi) is 5.17. The van der Waals surface area contributed by atoms with Crippen molar-refractivity contribution in [1.29, 1.82) is 0 Å². The first-order chi connectivity index (χ1) is 11.5. The van der Waals surface area contributed by atoms with Crippen LogP contribution in [0.15, 0.2) is 24.0 Å². The Labute approximate surface area is 156 Å². The maximum absolute atomic E-state index is 6.97. The van der Waals surface area contributed by atoms with Crippen molar-refractivity contribution in [3.8, 4) is 0 Å². The van der Waals surface area contributed by atoms with E-state index in [9.17, 15) is 0 Å². The minimum absolute atomic E-state index is 0.169. The van der Waals surface area contributed by atoms with Gasteiger partial charge in [-0.25, -0.2) is 0 Å². The minimum Gasteiger partial charge on any atom is -0.548 e. The summed E-state index contributed by atoms with van der Waals surface area (Å²) < 4.78 is 19.6. The number of hydrogen-bond acceptors (Lipinski definition) is 3. The molecule has 0 amide bonds. The van der Waals surface area contributed by atoms with Gasteiger partial charge in [0.25, 0.3) is 0 Å². The van der Waals surface area contributed by atoms with Crippen molar-refractivity contribution in [2.45, 2.75) is 95.6 Å². The third-order valence-corrected chi connectivity index (χ3v) is 7.28. The highest BCUT2D eigenvalue weighted by atomic mass is 28.4. The van der Waals surface area contributed by atoms with Gasteiger partial charge in [-0.3, -0.25) is 0 Å². The Hall–Kier alpha value is -0.366. The van der Waals surface area contributed by atoms with Crippen LogP contribution in [-0.2, 0) is 13.6 Å². The third kappa shape index (κ3) is 4.49. The summed E-state index contributed by atoms with van der Waals surface area (Å²) in [5.74, 6) is 1.36. The van der Waals surface area contributed by atoms with E-state index in [4.69, 9.17) is 13.6 Å². The van der Waals surface area contributed by atoms with Crippen LogP contribution in [0.4, 0.5) is 0 Å². The highest BCUT2D eigenvalue weighted by Gasteiger charge is 2.55. The van der Waals surface area contributed by atoms with E-state index >= 15 is 0 Å². The van der Waals surface area contributed by atoms with Gasteiger partial charge in [-0.1, -0.05) is 19.1 Å². The molecule has 3 rings (SSSR count). The topological polar surface area (TPSA) is 27.7 Å². The Bertz CT molecular complexity index is 558. The summed E-state index contributed by atoms with van der Waals surface area (Å²) in [5, 5.41) is 0. The van der Waals surface area contributed by atoms with Crippen LogP contribution in [0.1, 0.15) is 38.5 Å². The summed E-state index contributed by atoms with van der Waals surface area (Å²) in [6, 6.07) is 0. The Balaban J connectivity index is 1.91. The van der Waals surface area contributed by atoms with Gasteiger partial charge < -0.3 is 13.6 Å². The second-order valence-electron chi connectivity index (χ2n) is 10.1. The highest BCUT2D eigenvalue weighted by Crippen LogP contribution is 2.52. The lowest BCUT2D eigenvalue weighted by Gasteiger charge is -2.51.